The molecule has 9 heteroatoms. The van der Waals surface area contributed by atoms with E-state index in [1.165, 1.54) is 26.4 Å². The maximum Gasteiger partial charge on any atom is 0.264 e. The summed E-state index contributed by atoms with van der Waals surface area (Å²) in [4.78, 5) is 12.8. The number of methoxy groups -OCH3 is 2. The third-order valence-electron chi connectivity index (χ3n) is 4.43. The number of anilines is 2. The van der Waals surface area contributed by atoms with Crippen molar-refractivity contribution in [3.05, 3.63) is 77.8 Å². The Kier molecular flexibility index (Phi) is 7.04. The maximum absolute atomic E-state index is 13.4. The number of amides is 1. The number of para-hydroxylation sites is 2. The summed E-state index contributed by atoms with van der Waals surface area (Å²) in [5.41, 5.74) is 0.739. The fourth-order valence-corrected chi connectivity index (χ4v) is 4.41. The molecular weight excluding hydrogens is 440 g/mol. The summed E-state index contributed by atoms with van der Waals surface area (Å²) >= 11 is 5.95. The van der Waals surface area contributed by atoms with Gasteiger partial charge in [0.2, 0.25) is 5.91 Å². The van der Waals surface area contributed by atoms with Gasteiger partial charge < -0.3 is 14.8 Å². The molecular formula is C22H21ClN2O5S. The largest absolute Gasteiger partial charge is 0.497 e. The van der Waals surface area contributed by atoms with Crippen molar-refractivity contribution in [2.24, 2.45) is 0 Å². The number of halogens is 1. The number of ether oxygens (including phenoxy) is 2. The quantitative estimate of drug-likeness (QED) is 0.544. The van der Waals surface area contributed by atoms with Gasteiger partial charge in [-0.05, 0) is 60.7 Å². The summed E-state index contributed by atoms with van der Waals surface area (Å²) < 4.78 is 38.1. The molecule has 0 aliphatic heterocycles. The van der Waals surface area contributed by atoms with Crippen LogP contribution in [0, 0.1) is 0 Å². The Balaban J connectivity index is 1.94. The second-order valence-corrected chi connectivity index (χ2v) is 8.71. The van der Waals surface area contributed by atoms with Crippen LogP contribution in [-0.2, 0) is 14.8 Å². The van der Waals surface area contributed by atoms with Gasteiger partial charge in [-0.15, -0.1) is 0 Å². The van der Waals surface area contributed by atoms with E-state index in [0.717, 1.165) is 4.31 Å². The lowest BCUT2D eigenvalue weighted by Gasteiger charge is -2.24. The molecule has 0 atom stereocenters. The van der Waals surface area contributed by atoms with Crippen LogP contribution >= 0.6 is 11.6 Å². The first kappa shape index (κ1) is 22.5. The summed E-state index contributed by atoms with van der Waals surface area (Å²) in [7, 11) is -1.08. The molecule has 3 aromatic rings. The van der Waals surface area contributed by atoms with Crippen molar-refractivity contribution in [2.75, 3.05) is 30.4 Å². The highest BCUT2D eigenvalue weighted by Crippen LogP contribution is 2.27. The van der Waals surface area contributed by atoms with Crippen molar-refractivity contribution in [3.63, 3.8) is 0 Å². The van der Waals surface area contributed by atoms with E-state index in [0.29, 0.717) is 27.9 Å². The third kappa shape index (κ3) is 5.28. The highest BCUT2D eigenvalue weighted by molar-refractivity contribution is 7.92. The zero-order valence-corrected chi connectivity index (χ0v) is 18.5. The Bertz CT molecular complexity index is 1150. The van der Waals surface area contributed by atoms with Crippen molar-refractivity contribution in [3.8, 4) is 11.5 Å². The molecule has 7 nitrogen and oxygen atoms in total. The molecule has 0 aromatic heterocycles. The summed E-state index contributed by atoms with van der Waals surface area (Å²) in [5, 5.41) is 3.15. The molecule has 3 aromatic carbocycles. The normalized spacial score (nSPS) is 10.9. The van der Waals surface area contributed by atoms with E-state index in [1.807, 2.05) is 0 Å². The van der Waals surface area contributed by atoms with Gasteiger partial charge in [0.25, 0.3) is 10.0 Å². The van der Waals surface area contributed by atoms with E-state index in [2.05, 4.69) is 5.32 Å². The number of sulfonamides is 1. The lowest BCUT2D eigenvalue weighted by atomic mass is 10.3. The van der Waals surface area contributed by atoms with Crippen LogP contribution in [0.25, 0.3) is 0 Å². The number of rotatable bonds is 8. The minimum Gasteiger partial charge on any atom is -0.497 e. The van der Waals surface area contributed by atoms with Crippen molar-refractivity contribution >= 4 is 38.9 Å². The summed E-state index contributed by atoms with van der Waals surface area (Å²) in [6.07, 6.45) is 0. The van der Waals surface area contributed by atoms with Gasteiger partial charge in [0.1, 0.15) is 18.0 Å². The molecule has 1 N–H and O–H groups in total. The molecule has 0 unspecified atom stereocenters. The van der Waals surface area contributed by atoms with Crippen LogP contribution in [0.4, 0.5) is 11.4 Å². The minimum absolute atomic E-state index is 0.0216. The molecule has 0 spiro atoms. The fourth-order valence-electron chi connectivity index (χ4n) is 2.87. The molecule has 3 rings (SSSR count). The molecule has 162 valence electrons. The van der Waals surface area contributed by atoms with Crippen LogP contribution in [-0.4, -0.2) is 35.1 Å². The monoisotopic (exact) mass is 460 g/mol. The Morgan fingerprint density at radius 3 is 2.19 bits per heavy atom. The van der Waals surface area contributed by atoms with Gasteiger partial charge in [-0.25, -0.2) is 8.42 Å². The SMILES string of the molecule is COc1ccc(S(=O)(=O)N(CC(=O)Nc2ccccc2OC)c2ccc(Cl)cc2)cc1. The number of nitrogens with one attached hydrogen (secondary N) is 1. The van der Waals surface area contributed by atoms with Crippen molar-refractivity contribution in [2.45, 2.75) is 4.90 Å². The molecule has 0 aliphatic carbocycles. The van der Waals surface area contributed by atoms with E-state index in [4.69, 9.17) is 21.1 Å². The van der Waals surface area contributed by atoms with E-state index in [1.54, 1.807) is 60.7 Å². The van der Waals surface area contributed by atoms with Crippen LogP contribution in [0.3, 0.4) is 0 Å². The van der Waals surface area contributed by atoms with Crippen LogP contribution in [0.2, 0.25) is 5.02 Å². The smallest absolute Gasteiger partial charge is 0.264 e. The number of hydrogen-bond acceptors (Lipinski definition) is 5. The summed E-state index contributed by atoms with van der Waals surface area (Å²) in [6, 6.07) is 19.0. The van der Waals surface area contributed by atoms with Gasteiger partial charge in [0, 0.05) is 5.02 Å². The Labute approximate surface area is 186 Å². The second-order valence-electron chi connectivity index (χ2n) is 6.41. The van der Waals surface area contributed by atoms with Gasteiger partial charge in [-0.2, -0.15) is 0 Å². The first-order valence-electron chi connectivity index (χ1n) is 9.20. The van der Waals surface area contributed by atoms with Crippen molar-refractivity contribution in [1.29, 1.82) is 0 Å². The number of hydrogen-bond donors (Lipinski definition) is 1. The average Bonchev–Trinajstić information content (AvgIpc) is 2.78. The molecule has 0 aliphatic rings. The topological polar surface area (TPSA) is 84.9 Å². The highest BCUT2D eigenvalue weighted by Gasteiger charge is 2.27. The second kappa shape index (κ2) is 9.72. The molecule has 31 heavy (non-hydrogen) atoms. The van der Waals surface area contributed by atoms with Crippen molar-refractivity contribution < 1.29 is 22.7 Å². The third-order valence-corrected chi connectivity index (χ3v) is 6.47. The highest BCUT2D eigenvalue weighted by atomic mass is 35.5. The minimum atomic E-state index is -4.05. The molecule has 0 bridgehead atoms. The van der Waals surface area contributed by atoms with Crippen molar-refractivity contribution in [1.82, 2.24) is 0 Å². The Morgan fingerprint density at radius 2 is 1.58 bits per heavy atom. The first-order chi connectivity index (χ1) is 14.8. The molecule has 0 saturated heterocycles. The zero-order valence-electron chi connectivity index (χ0n) is 16.9. The van der Waals surface area contributed by atoms with Crippen LogP contribution in [0.15, 0.2) is 77.7 Å². The van der Waals surface area contributed by atoms with Gasteiger partial charge in [0.15, 0.2) is 0 Å². The Morgan fingerprint density at radius 1 is 0.935 bits per heavy atom. The average molecular weight is 461 g/mol. The van der Waals surface area contributed by atoms with E-state index in [9.17, 15) is 13.2 Å². The van der Waals surface area contributed by atoms with E-state index < -0.39 is 22.5 Å². The predicted molar refractivity (Wildman–Crippen MR) is 121 cm³/mol. The lowest BCUT2D eigenvalue weighted by Crippen LogP contribution is -2.38. The number of benzene rings is 3. The number of nitrogens with zero attached hydrogens (tertiary/aromatic N) is 1. The summed E-state index contributed by atoms with van der Waals surface area (Å²) in [5.74, 6) is 0.453. The fraction of sp³-hybridized carbons (Fsp3) is 0.136. The van der Waals surface area contributed by atoms with Crippen LogP contribution in [0.5, 0.6) is 11.5 Å². The van der Waals surface area contributed by atoms with Gasteiger partial charge in [0.05, 0.1) is 30.5 Å². The first-order valence-corrected chi connectivity index (χ1v) is 11.0. The van der Waals surface area contributed by atoms with E-state index >= 15 is 0 Å². The summed E-state index contributed by atoms with van der Waals surface area (Å²) in [6.45, 7) is -0.450. The Hall–Kier alpha value is -3.23. The lowest BCUT2D eigenvalue weighted by molar-refractivity contribution is -0.114. The van der Waals surface area contributed by atoms with Gasteiger partial charge in [-0.3, -0.25) is 9.10 Å². The van der Waals surface area contributed by atoms with Crippen LogP contribution in [0.1, 0.15) is 0 Å². The van der Waals surface area contributed by atoms with Gasteiger partial charge in [-0.1, -0.05) is 23.7 Å². The number of carbonyl (C=O) groups excluding carboxylic acids is 1. The van der Waals surface area contributed by atoms with E-state index in [-0.39, 0.29) is 4.90 Å². The molecule has 0 heterocycles. The zero-order chi connectivity index (χ0) is 22.4. The molecule has 1 amide bonds. The van der Waals surface area contributed by atoms with Gasteiger partial charge >= 0.3 is 0 Å². The maximum atomic E-state index is 13.4. The van der Waals surface area contributed by atoms with Crippen LogP contribution < -0.4 is 19.1 Å². The number of carbonyl (C=O) groups is 1. The standard InChI is InChI=1S/C22H21ClN2O5S/c1-29-18-11-13-19(14-12-18)31(27,28)25(17-9-7-16(23)8-10-17)15-22(26)24-20-5-3-4-6-21(20)30-2/h3-14H,15H2,1-2H3,(H,24,26). The predicted octanol–water partition coefficient (Wildman–Crippen LogP) is 4.19. The molecule has 0 radical (unpaired) electrons. The molecule has 0 saturated carbocycles. The molecule has 0 fully saturated rings.